The average molecular weight is 215 g/mol. The highest BCUT2D eigenvalue weighted by Gasteiger charge is 2.40. The molecule has 3 unspecified atom stereocenters. The van der Waals surface area contributed by atoms with Gasteiger partial charge in [-0.15, -0.1) is 0 Å². The zero-order valence-electron chi connectivity index (χ0n) is 9.26. The molecule has 16 heavy (non-hydrogen) atoms. The van der Waals surface area contributed by atoms with Gasteiger partial charge in [0.15, 0.2) is 0 Å². The molecule has 0 heterocycles. The van der Waals surface area contributed by atoms with Crippen LogP contribution in [-0.2, 0) is 6.61 Å². The van der Waals surface area contributed by atoms with E-state index in [1.165, 1.54) is 18.5 Å². The van der Waals surface area contributed by atoms with Crippen LogP contribution in [0.4, 0.5) is 5.69 Å². The van der Waals surface area contributed by atoms with E-state index in [1.54, 1.807) is 0 Å². The van der Waals surface area contributed by atoms with Gasteiger partial charge < -0.3 is 10.4 Å². The predicted octanol–water partition coefficient (Wildman–Crippen LogP) is 2.56. The van der Waals surface area contributed by atoms with Crippen LogP contribution in [0.2, 0.25) is 0 Å². The molecule has 1 saturated carbocycles. The van der Waals surface area contributed by atoms with Crippen LogP contribution in [0.15, 0.2) is 36.4 Å². The van der Waals surface area contributed by atoms with Crippen LogP contribution in [0.25, 0.3) is 0 Å². The second-order valence-electron chi connectivity index (χ2n) is 4.84. The Labute approximate surface area is 96.0 Å². The molecule has 2 aliphatic rings. The van der Waals surface area contributed by atoms with E-state index in [-0.39, 0.29) is 6.61 Å². The van der Waals surface area contributed by atoms with E-state index in [9.17, 15) is 0 Å². The highest BCUT2D eigenvalue weighted by atomic mass is 16.3. The number of hydrogen-bond donors (Lipinski definition) is 2. The summed E-state index contributed by atoms with van der Waals surface area (Å²) in [5, 5.41) is 12.5. The fourth-order valence-corrected chi connectivity index (χ4v) is 2.80. The second-order valence-corrected chi connectivity index (χ2v) is 4.84. The molecular weight excluding hydrogens is 198 g/mol. The highest BCUT2D eigenvalue weighted by Crippen LogP contribution is 2.43. The van der Waals surface area contributed by atoms with Crippen molar-refractivity contribution >= 4 is 5.69 Å². The summed E-state index contributed by atoms with van der Waals surface area (Å²) >= 11 is 0. The third-order valence-electron chi connectivity index (χ3n) is 3.85. The molecule has 3 atom stereocenters. The second kappa shape index (κ2) is 3.95. The fourth-order valence-electron chi connectivity index (χ4n) is 2.80. The number of nitrogens with one attached hydrogen (secondary N) is 1. The third kappa shape index (κ3) is 1.63. The molecule has 0 aliphatic heterocycles. The predicted molar refractivity (Wildman–Crippen MR) is 65.1 cm³/mol. The van der Waals surface area contributed by atoms with Gasteiger partial charge in [0.2, 0.25) is 0 Å². The number of fused-ring (bicyclic) bond motifs is 1. The van der Waals surface area contributed by atoms with Crippen LogP contribution in [0.1, 0.15) is 18.4 Å². The molecule has 84 valence electrons. The zero-order chi connectivity index (χ0) is 11.0. The summed E-state index contributed by atoms with van der Waals surface area (Å²) in [5.74, 6) is 1.65. The Hall–Kier alpha value is -1.28. The molecule has 0 saturated heterocycles. The number of benzene rings is 1. The van der Waals surface area contributed by atoms with Gasteiger partial charge in [-0.25, -0.2) is 0 Å². The molecule has 0 spiro atoms. The van der Waals surface area contributed by atoms with Crippen molar-refractivity contribution in [2.45, 2.75) is 25.5 Å². The van der Waals surface area contributed by atoms with Gasteiger partial charge in [0.25, 0.3) is 0 Å². The van der Waals surface area contributed by atoms with Crippen molar-refractivity contribution in [2.24, 2.45) is 11.8 Å². The number of aliphatic hydroxyl groups excluding tert-OH is 1. The first-order valence-corrected chi connectivity index (χ1v) is 6.00. The van der Waals surface area contributed by atoms with E-state index in [0.717, 1.165) is 17.4 Å². The lowest BCUT2D eigenvalue weighted by atomic mass is 9.71. The summed E-state index contributed by atoms with van der Waals surface area (Å²) < 4.78 is 0. The normalized spacial score (nSPS) is 30.9. The maximum atomic E-state index is 8.96. The minimum atomic E-state index is 0.122. The quantitative estimate of drug-likeness (QED) is 0.759. The number of rotatable bonds is 3. The smallest absolute Gasteiger partial charge is 0.0681 e. The van der Waals surface area contributed by atoms with Crippen LogP contribution >= 0.6 is 0 Å². The molecule has 1 aromatic rings. The molecule has 2 aliphatic carbocycles. The molecule has 1 fully saturated rings. The van der Waals surface area contributed by atoms with Gasteiger partial charge >= 0.3 is 0 Å². The van der Waals surface area contributed by atoms with Gasteiger partial charge in [0.05, 0.1) is 6.61 Å². The van der Waals surface area contributed by atoms with Gasteiger partial charge in [0, 0.05) is 17.6 Å². The van der Waals surface area contributed by atoms with E-state index >= 15 is 0 Å². The molecule has 2 N–H and O–H groups in total. The van der Waals surface area contributed by atoms with Gasteiger partial charge in [-0.05, 0) is 36.5 Å². The molecular formula is C14H17NO. The molecule has 2 heteroatoms. The Bertz CT molecular complexity index is 396. The van der Waals surface area contributed by atoms with Crippen LogP contribution < -0.4 is 5.32 Å². The molecule has 0 radical (unpaired) electrons. The molecule has 0 bridgehead atoms. The lowest BCUT2D eigenvalue weighted by Crippen LogP contribution is -2.43. The first-order valence-electron chi connectivity index (χ1n) is 6.00. The van der Waals surface area contributed by atoms with Crippen molar-refractivity contribution in [2.75, 3.05) is 5.32 Å². The van der Waals surface area contributed by atoms with E-state index in [2.05, 4.69) is 29.6 Å². The first kappa shape index (κ1) is 9.91. The molecule has 0 aromatic heterocycles. The van der Waals surface area contributed by atoms with Gasteiger partial charge in [-0.3, -0.25) is 0 Å². The summed E-state index contributed by atoms with van der Waals surface area (Å²) in [6, 6.07) is 8.67. The Morgan fingerprint density at radius 2 is 2.06 bits per heavy atom. The summed E-state index contributed by atoms with van der Waals surface area (Å²) in [6.45, 7) is 0.122. The van der Waals surface area contributed by atoms with E-state index in [4.69, 9.17) is 5.11 Å². The largest absolute Gasteiger partial charge is 0.392 e. The maximum Gasteiger partial charge on any atom is 0.0681 e. The Morgan fingerprint density at radius 1 is 1.25 bits per heavy atom. The van der Waals surface area contributed by atoms with Crippen LogP contribution in [0, 0.1) is 11.8 Å². The van der Waals surface area contributed by atoms with E-state index < -0.39 is 0 Å². The van der Waals surface area contributed by atoms with Crippen molar-refractivity contribution in [3.8, 4) is 0 Å². The van der Waals surface area contributed by atoms with Crippen LogP contribution in [0.3, 0.4) is 0 Å². The summed E-state index contributed by atoms with van der Waals surface area (Å²) in [6.07, 6.45) is 7.23. The summed E-state index contributed by atoms with van der Waals surface area (Å²) in [4.78, 5) is 0. The number of aliphatic hydroxyl groups is 1. The van der Waals surface area contributed by atoms with Crippen molar-refractivity contribution in [3.63, 3.8) is 0 Å². The minimum Gasteiger partial charge on any atom is -0.392 e. The Morgan fingerprint density at radius 3 is 2.75 bits per heavy atom. The molecule has 3 rings (SSSR count). The fraction of sp³-hybridized carbons (Fsp3) is 0.429. The van der Waals surface area contributed by atoms with Gasteiger partial charge in [0.1, 0.15) is 0 Å². The minimum absolute atomic E-state index is 0.122. The lowest BCUT2D eigenvalue weighted by Gasteiger charge is -2.41. The highest BCUT2D eigenvalue weighted by molar-refractivity contribution is 5.46. The standard InChI is InChI=1S/C14H17NO/c16-9-10-4-6-12(7-5-10)15-14-8-11-2-1-3-13(11)14/h1,3-7,11,13-16H,2,8-9H2. The SMILES string of the molecule is OCc1ccc(NC2CC3CC=CC32)cc1. The van der Waals surface area contributed by atoms with E-state index in [1.807, 2.05) is 12.1 Å². The topological polar surface area (TPSA) is 32.3 Å². The van der Waals surface area contributed by atoms with E-state index in [0.29, 0.717) is 6.04 Å². The van der Waals surface area contributed by atoms with Crippen LogP contribution in [0.5, 0.6) is 0 Å². The Balaban J connectivity index is 1.64. The first-order chi connectivity index (χ1) is 7.86. The Kier molecular flexibility index (Phi) is 2.44. The molecule has 0 amide bonds. The van der Waals surface area contributed by atoms with Crippen molar-refractivity contribution in [3.05, 3.63) is 42.0 Å². The summed E-state index contributed by atoms with van der Waals surface area (Å²) in [5.41, 5.74) is 2.14. The third-order valence-corrected chi connectivity index (χ3v) is 3.85. The number of anilines is 1. The number of hydrogen-bond acceptors (Lipinski definition) is 2. The lowest BCUT2D eigenvalue weighted by molar-refractivity contribution is 0.218. The van der Waals surface area contributed by atoms with Gasteiger partial charge in [-0.2, -0.15) is 0 Å². The molecule has 1 aromatic carbocycles. The van der Waals surface area contributed by atoms with Crippen LogP contribution in [-0.4, -0.2) is 11.1 Å². The van der Waals surface area contributed by atoms with Crippen molar-refractivity contribution < 1.29 is 5.11 Å². The monoisotopic (exact) mass is 215 g/mol. The average Bonchev–Trinajstić information content (AvgIpc) is 2.68. The van der Waals surface area contributed by atoms with Gasteiger partial charge in [-0.1, -0.05) is 24.3 Å². The number of allylic oxidation sites excluding steroid dienone is 1. The maximum absolute atomic E-state index is 8.96. The zero-order valence-corrected chi connectivity index (χ0v) is 9.26. The van der Waals surface area contributed by atoms with Crippen molar-refractivity contribution in [1.29, 1.82) is 0 Å². The van der Waals surface area contributed by atoms with Crippen molar-refractivity contribution in [1.82, 2.24) is 0 Å². The summed E-state index contributed by atoms with van der Waals surface area (Å²) in [7, 11) is 0. The molecule has 2 nitrogen and oxygen atoms in total.